The van der Waals surface area contributed by atoms with E-state index in [9.17, 15) is 4.79 Å². The molecule has 0 aliphatic rings. The minimum atomic E-state index is -0.0502. The summed E-state index contributed by atoms with van der Waals surface area (Å²) in [5.41, 5.74) is 0.945. The Morgan fingerprint density at radius 3 is 2.74 bits per heavy atom. The van der Waals surface area contributed by atoms with Crippen LogP contribution in [0.4, 0.5) is 0 Å². The molecule has 0 bridgehead atoms. The van der Waals surface area contributed by atoms with E-state index in [2.05, 4.69) is 15.5 Å². The molecule has 1 aromatic carbocycles. The summed E-state index contributed by atoms with van der Waals surface area (Å²) in [4.78, 5) is 11.7. The second-order valence-corrected chi connectivity index (χ2v) is 6.07. The molecule has 23 heavy (non-hydrogen) atoms. The highest BCUT2D eigenvalue weighted by molar-refractivity contribution is 7.99. The number of nitrogens with one attached hydrogen (secondary N) is 1. The fourth-order valence-electron chi connectivity index (χ4n) is 1.97. The van der Waals surface area contributed by atoms with Crippen molar-refractivity contribution in [3.8, 4) is 11.4 Å². The smallest absolute Gasteiger partial charge is 0.230 e. The maximum atomic E-state index is 11.7. The van der Waals surface area contributed by atoms with Gasteiger partial charge in [-0.2, -0.15) is 0 Å². The van der Waals surface area contributed by atoms with Crippen molar-refractivity contribution in [3.63, 3.8) is 0 Å². The van der Waals surface area contributed by atoms with Crippen LogP contribution in [0.15, 0.2) is 29.4 Å². The Morgan fingerprint density at radius 1 is 1.35 bits per heavy atom. The maximum absolute atomic E-state index is 11.7. The number of halogens is 1. The average molecular weight is 355 g/mol. The summed E-state index contributed by atoms with van der Waals surface area (Å²) in [6, 6.07) is 7.46. The molecule has 0 aliphatic carbocycles. The molecule has 1 amide bonds. The van der Waals surface area contributed by atoms with Crippen molar-refractivity contribution in [2.24, 2.45) is 0 Å². The van der Waals surface area contributed by atoms with Crippen molar-refractivity contribution in [2.45, 2.75) is 18.6 Å². The van der Waals surface area contributed by atoms with Crippen LogP contribution in [-0.4, -0.2) is 46.7 Å². The molecule has 6 nitrogen and oxygen atoms in total. The maximum Gasteiger partial charge on any atom is 0.230 e. The molecule has 0 radical (unpaired) electrons. The predicted molar refractivity (Wildman–Crippen MR) is 91.8 cm³/mol. The molecule has 1 heterocycles. The largest absolute Gasteiger partial charge is 0.383 e. The average Bonchev–Trinajstić information content (AvgIpc) is 2.97. The SMILES string of the molecule is CCn1c(SCC(=O)NCCOC)nnc1-c1ccc(Cl)cc1. The van der Waals surface area contributed by atoms with Gasteiger partial charge in [0.05, 0.1) is 12.4 Å². The fourth-order valence-corrected chi connectivity index (χ4v) is 2.92. The van der Waals surface area contributed by atoms with Gasteiger partial charge in [-0.1, -0.05) is 23.4 Å². The molecular weight excluding hydrogens is 336 g/mol. The third-order valence-electron chi connectivity index (χ3n) is 3.10. The van der Waals surface area contributed by atoms with Gasteiger partial charge in [-0.3, -0.25) is 4.79 Å². The van der Waals surface area contributed by atoms with Crippen LogP contribution in [0.2, 0.25) is 5.02 Å². The van der Waals surface area contributed by atoms with E-state index in [1.807, 2.05) is 35.8 Å². The van der Waals surface area contributed by atoms with Crippen molar-refractivity contribution in [1.29, 1.82) is 0 Å². The monoisotopic (exact) mass is 354 g/mol. The minimum Gasteiger partial charge on any atom is -0.383 e. The number of amides is 1. The highest BCUT2D eigenvalue weighted by Gasteiger charge is 2.14. The Labute approximate surface area is 144 Å². The molecule has 0 spiro atoms. The van der Waals surface area contributed by atoms with E-state index in [1.165, 1.54) is 11.8 Å². The van der Waals surface area contributed by atoms with Crippen LogP contribution in [-0.2, 0) is 16.1 Å². The van der Waals surface area contributed by atoms with Gasteiger partial charge in [-0.05, 0) is 31.2 Å². The summed E-state index contributed by atoms with van der Waals surface area (Å²) in [5.74, 6) is 1.01. The highest BCUT2D eigenvalue weighted by Crippen LogP contribution is 2.24. The van der Waals surface area contributed by atoms with Gasteiger partial charge in [0, 0.05) is 30.8 Å². The standard InChI is InChI=1S/C15H19ClN4O2S/c1-3-20-14(11-4-6-12(16)7-5-11)18-19-15(20)23-10-13(21)17-8-9-22-2/h4-7H,3,8-10H2,1-2H3,(H,17,21). The van der Waals surface area contributed by atoms with Crippen LogP contribution in [0, 0.1) is 0 Å². The summed E-state index contributed by atoms with van der Waals surface area (Å²) < 4.78 is 6.88. The summed E-state index contributed by atoms with van der Waals surface area (Å²) in [6.45, 7) is 3.75. The number of nitrogens with zero attached hydrogens (tertiary/aromatic N) is 3. The lowest BCUT2D eigenvalue weighted by Gasteiger charge is -2.08. The normalized spacial score (nSPS) is 10.7. The molecule has 124 valence electrons. The number of thioether (sulfide) groups is 1. The van der Waals surface area contributed by atoms with Crippen LogP contribution < -0.4 is 5.32 Å². The molecule has 0 saturated heterocycles. The van der Waals surface area contributed by atoms with Crippen molar-refractivity contribution in [3.05, 3.63) is 29.3 Å². The summed E-state index contributed by atoms with van der Waals surface area (Å²) in [7, 11) is 1.60. The van der Waals surface area contributed by atoms with E-state index >= 15 is 0 Å². The minimum absolute atomic E-state index is 0.0502. The van der Waals surface area contributed by atoms with Crippen LogP contribution in [0.3, 0.4) is 0 Å². The van der Waals surface area contributed by atoms with E-state index in [-0.39, 0.29) is 5.91 Å². The van der Waals surface area contributed by atoms with Crippen molar-refractivity contribution < 1.29 is 9.53 Å². The third-order valence-corrected chi connectivity index (χ3v) is 4.31. The number of hydrogen-bond donors (Lipinski definition) is 1. The molecule has 0 aliphatic heterocycles. The number of methoxy groups -OCH3 is 1. The van der Waals surface area contributed by atoms with E-state index in [1.54, 1.807) is 7.11 Å². The zero-order valence-electron chi connectivity index (χ0n) is 13.1. The molecule has 2 aromatic rings. The molecular formula is C15H19ClN4O2S. The zero-order valence-corrected chi connectivity index (χ0v) is 14.7. The first-order valence-corrected chi connectivity index (χ1v) is 8.59. The summed E-state index contributed by atoms with van der Waals surface area (Å²) in [5, 5.41) is 12.6. The Bertz CT molecular complexity index is 645. The number of rotatable bonds is 8. The predicted octanol–water partition coefficient (Wildman–Crippen LogP) is 2.47. The number of carbonyl (C=O) groups is 1. The molecule has 8 heteroatoms. The lowest BCUT2D eigenvalue weighted by atomic mass is 10.2. The molecule has 0 atom stereocenters. The summed E-state index contributed by atoms with van der Waals surface area (Å²) in [6.07, 6.45) is 0. The topological polar surface area (TPSA) is 69.0 Å². The molecule has 1 aromatic heterocycles. The number of ether oxygens (including phenoxy) is 1. The second kappa shape index (κ2) is 8.90. The first kappa shape index (κ1) is 17.8. The second-order valence-electron chi connectivity index (χ2n) is 4.69. The van der Waals surface area contributed by atoms with Gasteiger partial charge in [0.2, 0.25) is 5.91 Å². The molecule has 2 rings (SSSR count). The quantitative estimate of drug-likeness (QED) is 0.582. The van der Waals surface area contributed by atoms with Gasteiger partial charge in [-0.25, -0.2) is 0 Å². The van der Waals surface area contributed by atoms with E-state index < -0.39 is 0 Å². The number of benzene rings is 1. The summed E-state index contributed by atoms with van der Waals surface area (Å²) >= 11 is 7.28. The van der Waals surface area contributed by atoms with E-state index in [4.69, 9.17) is 16.3 Å². The molecule has 0 fully saturated rings. The first-order chi connectivity index (χ1) is 11.2. The van der Waals surface area contributed by atoms with Gasteiger partial charge in [0.1, 0.15) is 0 Å². The Kier molecular flexibility index (Phi) is 6.88. The lowest BCUT2D eigenvalue weighted by molar-refractivity contribution is -0.118. The van der Waals surface area contributed by atoms with Crippen LogP contribution >= 0.6 is 23.4 Å². The lowest BCUT2D eigenvalue weighted by Crippen LogP contribution is -2.28. The Hall–Kier alpha value is -1.57. The number of carbonyl (C=O) groups excluding carboxylic acids is 1. The molecule has 0 saturated carbocycles. The Balaban J connectivity index is 2.03. The highest BCUT2D eigenvalue weighted by atomic mass is 35.5. The van der Waals surface area contributed by atoms with Gasteiger partial charge < -0.3 is 14.6 Å². The van der Waals surface area contributed by atoms with Crippen LogP contribution in [0.25, 0.3) is 11.4 Å². The van der Waals surface area contributed by atoms with Crippen LogP contribution in [0.1, 0.15) is 6.92 Å². The van der Waals surface area contributed by atoms with Crippen molar-refractivity contribution >= 4 is 29.3 Å². The van der Waals surface area contributed by atoms with Crippen LogP contribution in [0.5, 0.6) is 0 Å². The van der Waals surface area contributed by atoms with Gasteiger partial charge in [0.25, 0.3) is 0 Å². The van der Waals surface area contributed by atoms with Crippen molar-refractivity contribution in [2.75, 3.05) is 26.0 Å². The number of hydrogen-bond acceptors (Lipinski definition) is 5. The van der Waals surface area contributed by atoms with E-state index in [0.717, 1.165) is 23.1 Å². The molecule has 1 N–H and O–H groups in total. The van der Waals surface area contributed by atoms with Gasteiger partial charge >= 0.3 is 0 Å². The first-order valence-electron chi connectivity index (χ1n) is 7.23. The molecule has 0 unspecified atom stereocenters. The number of aromatic nitrogens is 3. The van der Waals surface area contributed by atoms with Crippen molar-refractivity contribution in [1.82, 2.24) is 20.1 Å². The Morgan fingerprint density at radius 2 is 2.09 bits per heavy atom. The fraction of sp³-hybridized carbons (Fsp3) is 0.400. The third kappa shape index (κ3) is 4.95. The van der Waals surface area contributed by atoms with E-state index in [0.29, 0.717) is 23.9 Å². The van der Waals surface area contributed by atoms with Gasteiger partial charge in [0.15, 0.2) is 11.0 Å². The van der Waals surface area contributed by atoms with Gasteiger partial charge in [-0.15, -0.1) is 10.2 Å². The zero-order chi connectivity index (χ0) is 16.7.